The van der Waals surface area contributed by atoms with Crippen molar-refractivity contribution < 1.29 is 203 Å². The van der Waals surface area contributed by atoms with Gasteiger partial charge < -0.3 is 205 Å². The summed E-state index contributed by atoms with van der Waals surface area (Å²) in [5, 5.41) is 250. The Morgan fingerprint density at radius 3 is 0.673 bits per heavy atom. The highest BCUT2D eigenvalue weighted by Crippen LogP contribution is 2.39. The lowest BCUT2D eigenvalue weighted by molar-refractivity contribution is -0.387. The molecule has 8 fully saturated rings. The molecule has 45 nitrogen and oxygen atoms in total. The van der Waals surface area contributed by atoms with Crippen LogP contribution in [0.2, 0.25) is 0 Å². The van der Waals surface area contributed by atoms with Crippen molar-refractivity contribution in [1.29, 1.82) is 0 Å². The average Bonchev–Trinajstić information content (AvgIpc) is 0.775. The molecule has 8 rings (SSSR count). The Labute approximate surface area is 572 Å². The summed E-state index contributed by atoms with van der Waals surface area (Å²) in [5.41, 5.74) is 0. The fourth-order valence-electron chi connectivity index (χ4n) is 13.1. The summed E-state index contributed by atoms with van der Waals surface area (Å²) in [6.45, 7) is -4.18. The number of carbonyl (C=O) groups is 4. The molecule has 0 saturated carbocycles. The molecule has 40 atom stereocenters. The van der Waals surface area contributed by atoms with E-state index in [1.54, 1.807) is 0 Å². The molecular formula is C56H94N4O41. The van der Waals surface area contributed by atoms with Gasteiger partial charge in [0.2, 0.25) is 23.6 Å². The Morgan fingerprint density at radius 1 is 0.238 bits per heavy atom. The number of aliphatic hydroxyl groups is 22. The van der Waals surface area contributed by atoms with Gasteiger partial charge in [-0.1, -0.05) is 0 Å². The normalized spacial score (nSPS) is 48.3. The second kappa shape index (κ2) is 36.3. The molecule has 8 aliphatic heterocycles. The molecular weight excluding hydrogens is 1380 g/mol. The minimum atomic E-state index is -2.30. The minimum absolute atomic E-state index is 0.718. The van der Waals surface area contributed by atoms with Crippen LogP contribution in [0.5, 0.6) is 0 Å². The Hall–Kier alpha value is -3.60. The Bertz CT molecular complexity index is 2630. The van der Waals surface area contributed by atoms with Gasteiger partial charge >= 0.3 is 0 Å². The molecule has 584 valence electrons. The molecule has 8 aliphatic rings. The van der Waals surface area contributed by atoms with E-state index in [9.17, 15) is 132 Å². The molecule has 0 aromatic heterocycles. The molecule has 0 radical (unpaired) electrons. The van der Waals surface area contributed by atoms with Gasteiger partial charge in [-0.15, -0.1) is 0 Å². The lowest BCUT2D eigenvalue weighted by Gasteiger charge is -2.51. The van der Waals surface area contributed by atoms with E-state index in [0.29, 0.717) is 0 Å². The fraction of sp³-hybridized carbons (Fsp3) is 0.929. The zero-order chi connectivity index (χ0) is 74.5. The van der Waals surface area contributed by atoms with Crippen LogP contribution in [0.4, 0.5) is 0 Å². The first-order chi connectivity index (χ1) is 47.8. The van der Waals surface area contributed by atoms with Crippen LogP contribution in [0.25, 0.3) is 0 Å². The summed E-state index contributed by atoms with van der Waals surface area (Å²) in [7, 11) is 0. The van der Waals surface area contributed by atoms with Crippen LogP contribution in [-0.4, -0.2) is 434 Å². The van der Waals surface area contributed by atoms with E-state index in [1.807, 2.05) is 0 Å². The third-order valence-corrected chi connectivity index (χ3v) is 18.3. The van der Waals surface area contributed by atoms with E-state index >= 15 is 0 Å². The van der Waals surface area contributed by atoms with Gasteiger partial charge in [0.25, 0.3) is 0 Å². The smallest absolute Gasteiger partial charge is 0.217 e. The van der Waals surface area contributed by atoms with Gasteiger partial charge in [-0.3, -0.25) is 19.2 Å². The molecule has 8 heterocycles. The number of aliphatic hydroxyl groups excluding tert-OH is 22. The fourth-order valence-corrected chi connectivity index (χ4v) is 13.1. The van der Waals surface area contributed by atoms with Gasteiger partial charge in [-0.05, 0) is 0 Å². The van der Waals surface area contributed by atoms with Gasteiger partial charge in [-0.2, -0.15) is 0 Å². The molecule has 4 amide bonds. The van der Waals surface area contributed by atoms with Crippen LogP contribution in [0.3, 0.4) is 0 Å². The van der Waals surface area contributed by atoms with Crippen LogP contribution >= 0.6 is 0 Å². The number of nitrogens with one attached hydrogen (secondary N) is 4. The van der Waals surface area contributed by atoms with E-state index in [1.165, 1.54) is 0 Å². The van der Waals surface area contributed by atoms with Crippen molar-refractivity contribution in [2.75, 3.05) is 52.9 Å². The number of rotatable bonds is 26. The van der Waals surface area contributed by atoms with Gasteiger partial charge in [0.05, 0.1) is 52.9 Å². The maximum absolute atomic E-state index is 12.8. The third-order valence-electron chi connectivity index (χ3n) is 18.3. The highest BCUT2D eigenvalue weighted by molar-refractivity contribution is 5.74. The van der Waals surface area contributed by atoms with Crippen LogP contribution in [0.15, 0.2) is 0 Å². The standard InChI is InChI=1S/C56H94N4O41/c1-13(69)57-25-30(74)42(18(6-62)87-49(25)86)98-54-39(83)35(79)46(22(10-66)92-54)95-51-27(59-15(3)71)32(76)44(20(8-64)90-51)100-56-41(85)37(81)48(24(12-68)94-56)97-52-28(60-16(4)72)33(77)45(21(9-65)91-52)101-55-40(84)36(80)47(23(11-67)93-55)96-50-26(58-14(2)70)31(75)43(19(7-63)89-50)99-53-38(82)34(78)29(73)17(5-61)88-53/h17-56,61-68,73-86H,5-12H2,1-4H3,(H,57,69)(H,58,70)(H,59,71)(H,60,72)/t17-,18-,19-,20-,21-,22-,23-,24-,25-,26-,27-,28-,29-,30-,31-,32-,33-,34+,35-,36-,37-,38-,39-,40-,41-,42-,43-,44-,45-,46-,47-,48-,49-,50+,51+,52+,53+,54+,55+,56+/m1/s1. The Morgan fingerprint density at radius 2 is 0.426 bits per heavy atom. The van der Waals surface area contributed by atoms with Crippen molar-refractivity contribution in [3.05, 3.63) is 0 Å². The third kappa shape index (κ3) is 18.3. The average molecular weight is 1480 g/mol. The SMILES string of the molecule is CC(=O)N[C@@H]1[C@@H](O)[C@H](O[C@@H]2O[C@H](CO)[C@@H](O[C@@H]3O[C@H](CO)[C@@H](O[C@@H]4O[C@H](CO)[C@@H](O[C@@H]5O[C@H](CO)[C@@H](O[C@@H]6O[C@H](CO)[C@@H](O[C@@H]7O[C@H](CO)[C@@H](O[C@@H]8O[C@H](CO)[C@@H](O)[C@H](O)[C@H]8O)[C@H](O)[C@H]7NC(C)=O)[C@H](O)[C@H]6O)[C@H](O)[C@H]5NC(C)=O)[C@H](O)[C@H]4O)[C@H](O)[C@H]3NC(C)=O)[C@H](O)[C@H]2O)[C@@H](CO)O[C@H]1O. The van der Waals surface area contributed by atoms with Crippen LogP contribution < -0.4 is 21.3 Å². The highest BCUT2D eigenvalue weighted by atomic mass is 16.8. The molecule has 0 spiro atoms. The monoisotopic (exact) mass is 1480 g/mol. The summed E-state index contributed by atoms with van der Waals surface area (Å²) in [6, 6.07) is -6.92. The van der Waals surface area contributed by atoms with E-state index in [-0.39, 0.29) is 0 Å². The molecule has 0 aromatic carbocycles. The van der Waals surface area contributed by atoms with Crippen molar-refractivity contribution in [2.45, 2.75) is 273 Å². The number of ether oxygens (including phenoxy) is 15. The predicted octanol–water partition coefficient (Wildman–Crippen LogP) is -17.9. The second-order valence-electron chi connectivity index (χ2n) is 25.3. The number of hydrogen-bond donors (Lipinski definition) is 26. The Kier molecular flexibility index (Phi) is 29.9. The molecule has 45 heteroatoms. The van der Waals surface area contributed by atoms with Crippen molar-refractivity contribution in [3.8, 4) is 0 Å². The summed E-state index contributed by atoms with van der Waals surface area (Å²) in [4.78, 5) is 49.8. The molecule has 0 aromatic rings. The summed E-state index contributed by atoms with van der Waals surface area (Å²) >= 11 is 0. The van der Waals surface area contributed by atoms with Gasteiger partial charge in [0.1, 0.15) is 195 Å². The quantitative estimate of drug-likeness (QED) is 0.0382. The summed E-state index contributed by atoms with van der Waals surface area (Å²) < 4.78 is 86.9. The first-order valence-corrected chi connectivity index (χ1v) is 32.1. The highest BCUT2D eigenvalue weighted by Gasteiger charge is 2.60. The molecule has 0 bridgehead atoms. The minimum Gasteiger partial charge on any atom is -0.394 e. The maximum Gasteiger partial charge on any atom is 0.217 e. The maximum atomic E-state index is 12.8. The number of carbonyl (C=O) groups excluding carboxylic acids is 4. The molecule has 0 aliphatic carbocycles. The zero-order valence-corrected chi connectivity index (χ0v) is 54.3. The van der Waals surface area contributed by atoms with Gasteiger partial charge in [0, 0.05) is 27.7 Å². The van der Waals surface area contributed by atoms with E-state index in [4.69, 9.17) is 71.1 Å². The second-order valence-corrected chi connectivity index (χ2v) is 25.3. The van der Waals surface area contributed by atoms with Crippen LogP contribution in [0, 0.1) is 0 Å². The summed E-state index contributed by atoms with van der Waals surface area (Å²) in [6.07, 6.45) is -69.6. The number of hydrogen-bond acceptors (Lipinski definition) is 41. The zero-order valence-electron chi connectivity index (χ0n) is 54.3. The van der Waals surface area contributed by atoms with E-state index in [2.05, 4.69) is 21.3 Å². The van der Waals surface area contributed by atoms with E-state index in [0.717, 1.165) is 27.7 Å². The van der Waals surface area contributed by atoms with Crippen molar-refractivity contribution in [3.63, 3.8) is 0 Å². The Balaban J connectivity index is 0.919. The van der Waals surface area contributed by atoms with Crippen molar-refractivity contribution >= 4 is 23.6 Å². The molecule has 0 unspecified atom stereocenters. The van der Waals surface area contributed by atoms with Gasteiger partial charge in [-0.25, -0.2) is 0 Å². The predicted molar refractivity (Wildman–Crippen MR) is 311 cm³/mol. The first-order valence-electron chi connectivity index (χ1n) is 32.1. The lowest BCUT2D eigenvalue weighted by Crippen LogP contribution is -2.71. The van der Waals surface area contributed by atoms with Crippen molar-refractivity contribution in [1.82, 2.24) is 21.3 Å². The largest absolute Gasteiger partial charge is 0.394 e. The van der Waals surface area contributed by atoms with Crippen LogP contribution in [0.1, 0.15) is 27.7 Å². The van der Waals surface area contributed by atoms with E-state index < -0.39 is 322 Å². The number of amides is 4. The molecule has 8 saturated heterocycles. The molecule has 26 N–H and O–H groups in total. The first kappa shape index (κ1) is 83.0. The molecule has 101 heavy (non-hydrogen) atoms. The lowest BCUT2D eigenvalue weighted by atomic mass is 9.93. The summed E-state index contributed by atoms with van der Waals surface area (Å²) in [5.74, 6) is -3.33. The van der Waals surface area contributed by atoms with Crippen LogP contribution in [-0.2, 0) is 90.2 Å². The topological polar surface area (TPSA) is 700 Å². The van der Waals surface area contributed by atoms with Gasteiger partial charge in [0.15, 0.2) is 50.3 Å². The van der Waals surface area contributed by atoms with Crippen molar-refractivity contribution in [2.24, 2.45) is 0 Å².